The number of hydrogen-bond acceptors (Lipinski definition) is 7. The van der Waals surface area contributed by atoms with Gasteiger partial charge in [0.25, 0.3) is 0 Å². The number of rotatable bonds is 8. The second kappa shape index (κ2) is 11.5. The number of terminal acetylenes is 1. The van der Waals surface area contributed by atoms with Gasteiger partial charge in [0.05, 0.1) is 16.7 Å². The molecule has 1 aromatic heterocycles. The number of nitrogens with zero attached hydrogens (tertiary/aromatic N) is 3. The predicted molar refractivity (Wildman–Crippen MR) is 169 cm³/mol. The van der Waals surface area contributed by atoms with E-state index in [9.17, 15) is 9.50 Å². The van der Waals surface area contributed by atoms with Crippen LogP contribution in [0.5, 0.6) is 11.8 Å². The zero-order valence-corrected chi connectivity index (χ0v) is 24.8. The first-order chi connectivity index (χ1) is 21.8. The molecule has 3 fully saturated rings. The van der Waals surface area contributed by atoms with Crippen LogP contribution in [-0.4, -0.2) is 58.9 Å². The fourth-order valence-corrected chi connectivity index (χ4v) is 7.30. The van der Waals surface area contributed by atoms with Crippen molar-refractivity contribution in [1.29, 1.82) is 0 Å². The van der Waals surface area contributed by atoms with Crippen molar-refractivity contribution >= 4 is 27.5 Å². The number of ether oxygens (including phenoxy) is 1. The number of phenolic OH excluding ortho intramolecular Hbond substituents is 1. The zero-order chi connectivity index (χ0) is 31.3. The molecule has 0 radical (unpaired) electrons. The van der Waals surface area contributed by atoms with E-state index in [0.29, 0.717) is 24.3 Å². The molecular weight excluding hydrogens is 579 g/mol. The first-order valence-electron chi connectivity index (χ1n) is 15.4. The lowest BCUT2D eigenvalue weighted by atomic mass is 9.92. The number of nitrogens with one attached hydrogen (secondary N) is 2. The lowest BCUT2D eigenvalue weighted by Gasteiger charge is -2.34. The topological polar surface area (TPSA) is 82.5 Å². The SMILES string of the molecule is C#Cc1c(F)ccc2cc(O)cc(-c3c(F)cc4c(N5C[C@H]6CC[C@@H](C5)N6)nc(OCC5(CCC=C)CCCN5)nc4c3F)c12. The number of halogens is 3. The Morgan fingerprint density at radius 1 is 1.13 bits per heavy atom. The summed E-state index contributed by atoms with van der Waals surface area (Å²) in [5.74, 6) is -0.135. The lowest BCUT2D eigenvalue weighted by molar-refractivity contribution is 0.177. The summed E-state index contributed by atoms with van der Waals surface area (Å²) >= 11 is 0. The minimum Gasteiger partial charge on any atom is -0.508 e. The van der Waals surface area contributed by atoms with Crippen molar-refractivity contribution in [3.63, 3.8) is 0 Å². The Morgan fingerprint density at radius 3 is 2.64 bits per heavy atom. The summed E-state index contributed by atoms with van der Waals surface area (Å²) in [5, 5.41) is 18.3. The molecule has 7 nitrogen and oxygen atoms in total. The molecule has 3 aromatic carbocycles. The van der Waals surface area contributed by atoms with E-state index >= 15 is 8.78 Å². The van der Waals surface area contributed by atoms with Crippen molar-refractivity contribution in [2.24, 2.45) is 0 Å². The normalized spacial score (nSPS) is 22.7. The maximum absolute atomic E-state index is 16.8. The molecule has 7 rings (SSSR count). The number of hydrogen-bond donors (Lipinski definition) is 3. The Morgan fingerprint density at radius 2 is 1.93 bits per heavy atom. The van der Waals surface area contributed by atoms with E-state index in [1.54, 1.807) is 0 Å². The largest absolute Gasteiger partial charge is 0.508 e. The van der Waals surface area contributed by atoms with E-state index < -0.39 is 23.0 Å². The quantitative estimate of drug-likeness (QED) is 0.167. The molecule has 4 heterocycles. The van der Waals surface area contributed by atoms with Crippen LogP contribution >= 0.6 is 0 Å². The van der Waals surface area contributed by atoms with Crippen LogP contribution < -0.4 is 20.3 Å². The summed E-state index contributed by atoms with van der Waals surface area (Å²) in [5.41, 5.74) is -1.12. The van der Waals surface area contributed by atoms with Gasteiger partial charge in [0.1, 0.15) is 35.3 Å². The Bertz CT molecular complexity index is 1850. The number of allylic oxidation sites excluding steroid dienone is 1. The Balaban J connectivity index is 1.40. The van der Waals surface area contributed by atoms with Crippen molar-refractivity contribution in [3.05, 3.63) is 66.0 Å². The fourth-order valence-electron chi connectivity index (χ4n) is 7.30. The maximum atomic E-state index is 16.8. The minimum absolute atomic E-state index is 0.0114. The highest BCUT2D eigenvalue weighted by molar-refractivity contribution is 6.04. The molecule has 3 saturated heterocycles. The maximum Gasteiger partial charge on any atom is 0.319 e. The highest BCUT2D eigenvalue weighted by Gasteiger charge is 2.36. The Labute approximate surface area is 259 Å². The van der Waals surface area contributed by atoms with Gasteiger partial charge in [-0.2, -0.15) is 9.97 Å². The smallest absolute Gasteiger partial charge is 0.319 e. The molecule has 0 saturated carbocycles. The average Bonchev–Trinajstić information content (AvgIpc) is 3.64. The van der Waals surface area contributed by atoms with Crippen LogP contribution in [0, 0.1) is 29.8 Å². The van der Waals surface area contributed by atoms with Gasteiger partial charge in [-0.3, -0.25) is 0 Å². The van der Waals surface area contributed by atoms with Gasteiger partial charge >= 0.3 is 6.01 Å². The third kappa shape index (κ3) is 5.24. The highest BCUT2D eigenvalue weighted by Crippen LogP contribution is 2.42. The van der Waals surface area contributed by atoms with Crippen LogP contribution in [0.2, 0.25) is 0 Å². The number of piperazine rings is 1. The number of phenols is 1. The van der Waals surface area contributed by atoms with Gasteiger partial charge in [-0.15, -0.1) is 13.0 Å². The molecule has 3 aliphatic rings. The van der Waals surface area contributed by atoms with E-state index in [-0.39, 0.29) is 63.4 Å². The van der Waals surface area contributed by atoms with Crippen molar-refractivity contribution in [2.75, 3.05) is 31.1 Å². The Kier molecular flexibility index (Phi) is 7.54. The summed E-state index contributed by atoms with van der Waals surface area (Å²) in [4.78, 5) is 11.3. The lowest BCUT2D eigenvalue weighted by Crippen LogP contribution is -2.51. The van der Waals surface area contributed by atoms with Gasteiger partial charge in [0.2, 0.25) is 0 Å². The van der Waals surface area contributed by atoms with Crippen LogP contribution in [0.15, 0.2) is 43.0 Å². The summed E-state index contributed by atoms with van der Waals surface area (Å²) < 4.78 is 54.1. The molecule has 0 aliphatic carbocycles. The van der Waals surface area contributed by atoms with E-state index in [1.165, 1.54) is 30.3 Å². The van der Waals surface area contributed by atoms with Crippen molar-refractivity contribution in [1.82, 2.24) is 20.6 Å². The number of benzene rings is 3. The van der Waals surface area contributed by atoms with Crippen LogP contribution in [0.25, 0.3) is 32.8 Å². The summed E-state index contributed by atoms with van der Waals surface area (Å²) in [7, 11) is 0. The van der Waals surface area contributed by atoms with E-state index in [2.05, 4.69) is 28.1 Å². The Hall–Kier alpha value is -4.33. The molecule has 2 bridgehead atoms. The molecule has 4 aromatic rings. The van der Waals surface area contributed by atoms with Gasteiger partial charge in [0.15, 0.2) is 5.82 Å². The summed E-state index contributed by atoms with van der Waals surface area (Å²) in [6.45, 7) is 6.24. The van der Waals surface area contributed by atoms with Crippen molar-refractivity contribution in [3.8, 4) is 35.2 Å². The molecule has 0 amide bonds. The molecule has 45 heavy (non-hydrogen) atoms. The monoisotopic (exact) mass is 613 g/mol. The average molecular weight is 614 g/mol. The first kappa shape index (κ1) is 29.4. The standard InChI is InChI=1S/C35H34F3N5O2/c1-3-5-11-35(12-6-13-39-35)19-45-34-41-32-26(33(42-34)43-17-21-8-9-22(18-43)40-21)16-28(37)30(31(32)38)25-15-23(44)14-20-7-10-27(36)24(4-2)29(20)25/h2-3,7,10,14-16,21-22,39-40,44H,1,5-6,8-9,11-13,17-19H2/t21-,22+,35?. The minimum atomic E-state index is -0.976. The van der Waals surface area contributed by atoms with E-state index in [1.807, 2.05) is 11.0 Å². The van der Waals surface area contributed by atoms with E-state index in [0.717, 1.165) is 45.1 Å². The zero-order valence-electron chi connectivity index (χ0n) is 24.8. The van der Waals surface area contributed by atoms with E-state index in [4.69, 9.17) is 16.1 Å². The molecule has 10 heteroatoms. The third-order valence-electron chi connectivity index (χ3n) is 9.46. The molecule has 3 atom stereocenters. The van der Waals surface area contributed by atoms with Crippen LogP contribution in [0.4, 0.5) is 19.0 Å². The van der Waals surface area contributed by atoms with Crippen molar-refractivity contribution in [2.45, 2.75) is 56.1 Å². The molecule has 3 aliphatic heterocycles. The van der Waals surface area contributed by atoms with Crippen LogP contribution in [0.3, 0.4) is 0 Å². The molecule has 3 N–H and O–H groups in total. The molecular formula is C35H34F3N5O2. The van der Waals surface area contributed by atoms with Gasteiger partial charge in [-0.1, -0.05) is 18.1 Å². The van der Waals surface area contributed by atoms with Gasteiger partial charge < -0.3 is 25.4 Å². The summed E-state index contributed by atoms with van der Waals surface area (Å²) in [6.07, 6.45) is 13.1. The highest BCUT2D eigenvalue weighted by atomic mass is 19.1. The number of fused-ring (bicyclic) bond motifs is 4. The van der Waals surface area contributed by atoms with Crippen LogP contribution in [-0.2, 0) is 0 Å². The third-order valence-corrected chi connectivity index (χ3v) is 9.46. The van der Waals surface area contributed by atoms with Crippen LogP contribution in [0.1, 0.15) is 44.1 Å². The van der Waals surface area contributed by atoms with Crippen molar-refractivity contribution < 1.29 is 23.0 Å². The predicted octanol–water partition coefficient (Wildman–Crippen LogP) is 5.96. The first-order valence-corrected chi connectivity index (χ1v) is 15.4. The van der Waals surface area contributed by atoms with Gasteiger partial charge in [0, 0.05) is 41.5 Å². The number of aromatic nitrogens is 2. The molecule has 232 valence electrons. The second-order valence-corrected chi connectivity index (χ2v) is 12.4. The molecule has 1 unspecified atom stereocenters. The summed E-state index contributed by atoms with van der Waals surface area (Å²) in [6, 6.07) is 6.83. The number of aromatic hydroxyl groups is 1. The van der Waals surface area contributed by atoms with Gasteiger partial charge in [-0.05, 0) is 74.7 Å². The fraction of sp³-hybridized carbons (Fsp3) is 0.371. The second-order valence-electron chi connectivity index (χ2n) is 12.4. The molecule has 0 spiro atoms. The number of anilines is 1. The van der Waals surface area contributed by atoms with Gasteiger partial charge in [-0.25, -0.2) is 13.2 Å².